The number of nitrogens with one attached hydrogen (secondary N) is 1. The molecule has 5 rings (SSSR count). The lowest BCUT2D eigenvalue weighted by Crippen LogP contribution is -2.53. The van der Waals surface area contributed by atoms with Gasteiger partial charge >= 0.3 is 0 Å². The van der Waals surface area contributed by atoms with Crippen molar-refractivity contribution in [3.8, 4) is 0 Å². The van der Waals surface area contributed by atoms with Gasteiger partial charge in [0.2, 0.25) is 11.8 Å². The van der Waals surface area contributed by atoms with E-state index in [0.717, 1.165) is 42.8 Å². The predicted molar refractivity (Wildman–Crippen MR) is 98.1 cm³/mol. The van der Waals surface area contributed by atoms with Gasteiger partial charge in [-0.2, -0.15) is 0 Å². The summed E-state index contributed by atoms with van der Waals surface area (Å²) in [6.07, 6.45) is 9.15. The second-order valence-corrected chi connectivity index (χ2v) is 8.90. The summed E-state index contributed by atoms with van der Waals surface area (Å²) in [6.45, 7) is 2.37. The molecule has 0 spiro atoms. The molecule has 1 aromatic heterocycles. The van der Waals surface area contributed by atoms with Crippen LogP contribution in [0.2, 0.25) is 0 Å². The fraction of sp³-hybridized carbons (Fsp3) is 0.714. The predicted octanol–water partition coefficient (Wildman–Crippen LogP) is 3.52. The van der Waals surface area contributed by atoms with E-state index < -0.39 is 0 Å². The SMILES string of the molecule is CC(c1ccco1)N(C)C(=O)CCNC(=O)C12CC3CC(CC(C3)C1)C2. The molecule has 26 heavy (non-hydrogen) atoms. The normalized spacial score (nSPS) is 33.1. The van der Waals surface area contributed by atoms with Gasteiger partial charge in [-0.25, -0.2) is 0 Å². The summed E-state index contributed by atoms with van der Waals surface area (Å²) in [5.41, 5.74) is -0.134. The fourth-order valence-corrected chi connectivity index (χ4v) is 5.97. The largest absolute Gasteiger partial charge is 0.467 e. The van der Waals surface area contributed by atoms with Crippen molar-refractivity contribution in [1.82, 2.24) is 10.2 Å². The highest BCUT2D eigenvalue weighted by Gasteiger charge is 2.54. The van der Waals surface area contributed by atoms with Crippen LogP contribution in [0.25, 0.3) is 0 Å². The Kier molecular flexibility index (Phi) is 4.57. The number of hydrogen-bond donors (Lipinski definition) is 1. The highest BCUT2D eigenvalue weighted by molar-refractivity contribution is 5.84. The Morgan fingerprint density at radius 2 is 1.85 bits per heavy atom. The number of carbonyl (C=O) groups excluding carboxylic acids is 2. The van der Waals surface area contributed by atoms with Crippen LogP contribution in [0, 0.1) is 23.2 Å². The number of carbonyl (C=O) groups is 2. The minimum Gasteiger partial charge on any atom is -0.467 e. The third-order valence-electron chi connectivity index (χ3n) is 7.07. The molecular weight excluding hydrogens is 328 g/mol. The molecule has 2 amide bonds. The topological polar surface area (TPSA) is 62.6 Å². The van der Waals surface area contributed by atoms with Crippen LogP contribution in [-0.2, 0) is 9.59 Å². The molecule has 4 fully saturated rings. The summed E-state index contributed by atoms with van der Waals surface area (Å²) < 4.78 is 5.38. The van der Waals surface area contributed by atoms with E-state index in [1.165, 1.54) is 19.3 Å². The zero-order valence-electron chi connectivity index (χ0n) is 15.9. The van der Waals surface area contributed by atoms with Crippen LogP contribution in [-0.4, -0.2) is 30.3 Å². The Bertz CT molecular complexity index is 632. The molecule has 0 saturated heterocycles. The molecule has 0 aliphatic heterocycles. The molecule has 5 nitrogen and oxygen atoms in total. The van der Waals surface area contributed by atoms with Crippen LogP contribution >= 0.6 is 0 Å². The van der Waals surface area contributed by atoms with E-state index in [1.807, 2.05) is 19.1 Å². The van der Waals surface area contributed by atoms with E-state index >= 15 is 0 Å². The van der Waals surface area contributed by atoms with Gasteiger partial charge in [0.05, 0.1) is 12.3 Å². The van der Waals surface area contributed by atoms with Gasteiger partial charge in [-0.15, -0.1) is 0 Å². The number of hydrogen-bond acceptors (Lipinski definition) is 3. The van der Waals surface area contributed by atoms with E-state index in [0.29, 0.717) is 13.0 Å². The Morgan fingerprint density at radius 3 is 2.38 bits per heavy atom. The van der Waals surface area contributed by atoms with E-state index in [1.54, 1.807) is 18.2 Å². The van der Waals surface area contributed by atoms with Crippen molar-refractivity contribution in [1.29, 1.82) is 0 Å². The quantitative estimate of drug-likeness (QED) is 0.846. The van der Waals surface area contributed by atoms with Gasteiger partial charge in [-0.05, 0) is 75.3 Å². The maximum absolute atomic E-state index is 12.9. The lowest BCUT2D eigenvalue weighted by Gasteiger charge is -2.55. The summed E-state index contributed by atoms with van der Waals surface area (Å²) in [7, 11) is 1.79. The van der Waals surface area contributed by atoms with Crippen molar-refractivity contribution in [3.63, 3.8) is 0 Å². The fourth-order valence-electron chi connectivity index (χ4n) is 5.97. The standard InChI is InChI=1S/C21H30N2O3/c1-14(18-4-3-7-26-18)23(2)19(24)5-6-22-20(25)21-11-15-8-16(12-21)10-17(9-15)13-21/h3-4,7,14-17H,5-6,8-13H2,1-2H3,(H,22,25). The molecule has 142 valence electrons. The summed E-state index contributed by atoms with van der Waals surface area (Å²) in [4.78, 5) is 27.0. The van der Waals surface area contributed by atoms with Crippen molar-refractivity contribution in [2.24, 2.45) is 23.2 Å². The summed E-state index contributed by atoms with van der Waals surface area (Å²) >= 11 is 0. The molecule has 1 heterocycles. The van der Waals surface area contributed by atoms with E-state index in [2.05, 4.69) is 5.32 Å². The third kappa shape index (κ3) is 3.17. The average Bonchev–Trinajstić information content (AvgIpc) is 3.13. The number of rotatable bonds is 6. The first kappa shape index (κ1) is 17.6. The first-order valence-corrected chi connectivity index (χ1v) is 10.0. The Balaban J connectivity index is 1.28. The van der Waals surface area contributed by atoms with E-state index in [4.69, 9.17) is 4.42 Å². The van der Waals surface area contributed by atoms with Gasteiger partial charge in [0.1, 0.15) is 5.76 Å². The van der Waals surface area contributed by atoms with Crippen LogP contribution in [0.4, 0.5) is 0 Å². The minimum atomic E-state index is -0.134. The average molecular weight is 358 g/mol. The maximum Gasteiger partial charge on any atom is 0.226 e. The zero-order chi connectivity index (χ0) is 18.3. The van der Waals surface area contributed by atoms with Crippen LogP contribution in [0.5, 0.6) is 0 Å². The number of amides is 2. The second-order valence-electron chi connectivity index (χ2n) is 8.90. The highest BCUT2D eigenvalue weighted by Crippen LogP contribution is 2.60. The molecule has 5 heteroatoms. The minimum absolute atomic E-state index is 0.0275. The van der Waals surface area contributed by atoms with Gasteiger partial charge in [0.15, 0.2) is 0 Å². The van der Waals surface area contributed by atoms with Crippen LogP contribution < -0.4 is 5.32 Å². The molecular formula is C21H30N2O3. The smallest absolute Gasteiger partial charge is 0.226 e. The van der Waals surface area contributed by atoms with Gasteiger partial charge in [-0.3, -0.25) is 9.59 Å². The first-order chi connectivity index (χ1) is 12.5. The van der Waals surface area contributed by atoms with Gasteiger partial charge < -0.3 is 14.6 Å². The van der Waals surface area contributed by atoms with Gasteiger partial charge in [0, 0.05) is 25.4 Å². The van der Waals surface area contributed by atoms with Crippen molar-refractivity contribution in [3.05, 3.63) is 24.2 Å². The Morgan fingerprint density at radius 1 is 1.23 bits per heavy atom. The van der Waals surface area contributed by atoms with Crippen molar-refractivity contribution < 1.29 is 14.0 Å². The van der Waals surface area contributed by atoms with E-state index in [9.17, 15) is 9.59 Å². The number of nitrogens with zero attached hydrogens (tertiary/aromatic N) is 1. The maximum atomic E-state index is 12.9. The molecule has 1 unspecified atom stereocenters. The zero-order valence-corrected chi connectivity index (χ0v) is 15.9. The molecule has 0 radical (unpaired) electrons. The lowest BCUT2D eigenvalue weighted by atomic mass is 9.49. The van der Waals surface area contributed by atoms with Crippen LogP contribution in [0.15, 0.2) is 22.8 Å². The highest BCUT2D eigenvalue weighted by atomic mass is 16.3. The lowest BCUT2D eigenvalue weighted by molar-refractivity contribution is -0.146. The molecule has 1 N–H and O–H groups in total. The van der Waals surface area contributed by atoms with E-state index in [-0.39, 0.29) is 23.3 Å². The van der Waals surface area contributed by atoms with Gasteiger partial charge in [-0.1, -0.05) is 0 Å². The van der Waals surface area contributed by atoms with Crippen LogP contribution in [0.3, 0.4) is 0 Å². The summed E-state index contributed by atoms with van der Waals surface area (Å²) in [6, 6.07) is 3.61. The van der Waals surface area contributed by atoms with Crippen molar-refractivity contribution >= 4 is 11.8 Å². The monoisotopic (exact) mass is 358 g/mol. The van der Waals surface area contributed by atoms with Crippen molar-refractivity contribution in [2.75, 3.05) is 13.6 Å². The van der Waals surface area contributed by atoms with Crippen molar-refractivity contribution in [2.45, 2.75) is 57.9 Å². The third-order valence-corrected chi connectivity index (χ3v) is 7.07. The molecule has 4 bridgehead atoms. The number of furan rings is 1. The molecule has 4 saturated carbocycles. The van der Waals surface area contributed by atoms with Gasteiger partial charge in [0.25, 0.3) is 0 Å². The van der Waals surface area contributed by atoms with Crippen LogP contribution in [0.1, 0.15) is 63.7 Å². The second kappa shape index (κ2) is 6.75. The molecule has 4 aliphatic rings. The molecule has 1 aromatic rings. The summed E-state index contributed by atoms with van der Waals surface area (Å²) in [5, 5.41) is 3.09. The first-order valence-electron chi connectivity index (χ1n) is 10.0. The molecule has 0 aromatic carbocycles. The summed E-state index contributed by atoms with van der Waals surface area (Å²) in [5.74, 6) is 3.28. The molecule has 1 atom stereocenters. The Hall–Kier alpha value is -1.78. The Labute approximate surface area is 155 Å². The molecule has 4 aliphatic carbocycles.